The van der Waals surface area contributed by atoms with E-state index >= 15 is 0 Å². The molecule has 0 saturated heterocycles. The summed E-state index contributed by atoms with van der Waals surface area (Å²) in [5.74, 6) is -0.0999. The maximum Gasteiger partial charge on any atom is 0.338 e. The smallest absolute Gasteiger partial charge is 0.338 e. The number of benzene rings is 1. The number of pyridine rings is 1. The summed E-state index contributed by atoms with van der Waals surface area (Å²) in [6.07, 6.45) is 14.8. The van der Waals surface area contributed by atoms with E-state index < -0.39 is 4.65 Å². The molecule has 2 aromatic heterocycles. The number of nitrogens with one attached hydrogen (secondary N) is 1. The molecule has 0 aliphatic heterocycles. The molecule has 2 heterocycles. The first-order valence-electron chi connectivity index (χ1n) is 12.3. The fourth-order valence-electron chi connectivity index (χ4n) is 4.12. The van der Waals surface area contributed by atoms with Gasteiger partial charge < -0.3 is 5.32 Å². The number of carbonyl (C=O) groups is 2. The number of hydrogen-bond acceptors (Lipinski definition) is 5. The Bertz CT molecular complexity index is 1150. The molecule has 0 spiro atoms. The van der Waals surface area contributed by atoms with Gasteiger partial charge in [-0.15, -0.1) is 11.3 Å². The number of aryl methyl sites for hydroxylation is 2. The van der Waals surface area contributed by atoms with E-state index in [-0.39, 0.29) is 11.9 Å². The Morgan fingerprint density at radius 1 is 1.23 bits per heavy atom. The van der Waals surface area contributed by atoms with Gasteiger partial charge in [-0.3, -0.25) is 9.78 Å². The quantitative estimate of drug-likeness (QED) is 0.0757. The number of carbonyl (C=O) groups excluding carboxylic acids is 2. The molecule has 6 nitrogen and oxygen atoms in total. The maximum absolute atomic E-state index is 12.6. The van der Waals surface area contributed by atoms with Crippen LogP contribution < -0.4 is 9.96 Å². The van der Waals surface area contributed by atoms with Crippen LogP contribution >= 0.6 is 11.3 Å². The molecule has 1 unspecified atom stereocenters. The summed E-state index contributed by atoms with van der Waals surface area (Å²) in [7, 11) is 1.44. The topological polar surface area (TPSA) is 79.3 Å². The molecule has 2 N–H and O–H groups in total. The summed E-state index contributed by atoms with van der Waals surface area (Å²) in [5, 5.41) is 14.5. The number of hydrogen-bond donors (Lipinski definition) is 2. The molecule has 0 aliphatic carbocycles. The molecular weight excluding hydrogens is 458 g/mol. The molecule has 2 amide bonds. The first kappa shape index (κ1) is 26.7. The molecular formula is C28H36N3O3S+. The van der Waals surface area contributed by atoms with Gasteiger partial charge in [0.15, 0.2) is 5.69 Å². The Hall–Kier alpha value is -2.87. The lowest BCUT2D eigenvalue weighted by molar-refractivity contribution is -0.141. The molecule has 3 aromatic rings. The number of amides is 2. The Morgan fingerprint density at radius 3 is 2.77 bits per heavy atom. The standard InChI is InChI=1S/C28H35N3O3S/c1-4-5-6-12-24-25-14-13-23(31(3,34)20-32)18-27(25)35-26(24)15-16-28(33)30-21(2)9-7-10-22-11-8-17-29-19-22/h8,11,13-21,34H,4-7,9-10,12H2,1-3H3/p+1/b16-15+/t21?,31-/m0/s1. The van der Waals surface area contributed by atoms with Gasteiger partial charge in [-0.1, -0.05) is 30.5 Å². The molecule has 1 aromatic carbocycles. The lowest BCUT2D eigenvalue weighted by atomic mass is 10.0. The average molecular weight is 495 g/mol. The van der Waals surface area contributed by atoms with Gasteiger partial charge in [0.2, 0.25) is 5.91 Å². The van der Waals surface area contributed by atoms with Crippen molar-refractivity contribution in [2.75, 3.05) is 7.05 Å². The number of quaternary nitrogens is 1. The van der Waals surface area contributed by atoms with Gasteiger partial charge in [-0.2, -0.15) is 0 Å². The average Bonchev–Trinajstić information content (AvgIpc) is 3.20. The van der Waals surface area contributed by atoms with Crippen molar-refractivity contribution in [2.45, 2.75) is 64.8 Å². The van der Waals surface area contributed by atoms with Crippen LogP contribution in [0.3, 0.4) is 0 Å². The van der Waals surface area contributed by atoms with Crippen molar-refractivity contribution < 1.29 is 14.8 Å². The van der Waals surface area contributed by atoms with E-state index in [0.29, 0.717) is 12.1 Å². The molecule has 0 saturated carbocycles. The minimum absolute atomic E-state index is 0.0844. The molecule has 0 bridgehead atoms. The molecule has 35 heavy (non-hydrogen) atoms. The van der Waals surface area contributed by atoms with E-state index in [1.54, 1.807) is 29.7 Å². The summed E-state index contributed by atoms with van der Waals surface area (Å²) in [6.45, 7) is 4.21. The zero-order valence-corrected chi connectivity index (χ0v) is 21.7. The van der Waals surface area contributed by atoms with Gasteiger partial charge in [0.25, 0.3) is 0 Å². The molecule has 0 radical (unpaired) electrons. The van der Waals surface area contributed by atoms with Crippen molar-refractivity contribution in [3.8, 4) is 0 Å². The second-order valence-electron chi connectivity index (χ2n) is 9.21. The summed E-state index contributed by atoms with van der Waals surface area (Å²) in [6, 6.07) is 9.73. The minimum Gasteiger partial charge on any atom is -0.350 e. The van der Waals surface area contributed by atoms with E-state index in [1.165, 1.54) is 18.2 Å². The summed E-state index contributed by atoms with van der Waals surface area (Å²) >= 11 is 1.59. The highest BCUT2D eigenvalue weighted by molar-refractivity contribution is 7.20. The number of nitrogens with zero attached hydrogens (tertiary/aromatic N) is 2. The van der Waals surface area contributed by atoms with E-state index in [9.17, 15) is 14.8 Å². The van der Waals surface area contributed by atoms with Crippen LogP contribution in [0.4, 0.5) is 5.69 Å². The molecule has 2 atom stereocenters. The van der Waals surface area contributed by atoms with Crippen molar-refractivity contribution in [2.24, 2.45) is 0 Å². The second-order valence-corrected chi connectivity index (χ2v) is 10.3. The number of rotatable bonds is 13. The highest BCUT2D eigenvalue weighted by Gasteiger charge is 2.23. The molecule has 7 heteroatoms. The van der Waals surface area contributed by atoms with Crippen LogP contribution in [0.25, 0.3) is 16.2 Å². The predicted molar refractivity (Wildman–Crippen MR) is 144 cm³/mol. The molecule has 0 fully saturated rings. The van der Waals surface area contributed by atoms with Gasteiger partial charge in [0.1, 0.15) is 7.05 Å². The Labute approximate surface area is 211 Å². The van der Waals surface area contributed by atoms with E-state index in [1.807, 2.05) is 37.4 Å². The van der Waals surface area contributed by atoms with Gasteiger partial charge in [-0.05, 0) is 73.7 Å². The largest absolute Gasteiger partial charge is 0.350 e. The predicted octanol–water partition coefficient (Wildman–Crippen LogP) is 6.05. The summed E-state index contributed by atoms with van der Waals surface area (Å²) in [4.78, 5) is 29.1. The fourth-order valence-corrected chi connectivity index (χ4v) is 5.31. The number of unbranched alkanes of at least 4 members (excludes halogenated alkanes) is 2. The van der Waals surface area contributed by atoms with Crippen LogP contribution in [0.1, 0.15) is 62.0 Å². The van der Waals surface area contributed by atoms with Gasteiger partial charge >= 0.3 is 6.41 Å². The summed E-state index contributed by atoms with van der Waals surface area (Å²) < 4.78 is 0.184. The van der Waals surface area contributed by atoms with Crippen LogP contribution in [-0.4, -0.2) is 35.6 Å². The maximum atomic E-state index is 12.6. The van der Waals surface area contributed by atoms with Gasteiger partial charge in [0.05, 0.1) is 0 Å². The minimum atomic E-state index is -0.814. The van der Waals surface area contributed by atoms with Crippen molar-refractivity contribution in [1.29, 1.82) is 0 Å². The molecule has 186 valence electrons. The Morgan fingerprint density at radius 2 is 2.06 bits per heavy atom. The fraction of sp³-hybridized carbons (Fsp3) is 0.393. The van der Waals surface area contributed by atoms with Gasteiger partial charge in [0, 0.05) is 46.2 Å². The lowest BCUT2D eigenvalue weighted by Crippen LogP contribution is -2.39. The second kappa shape index (κ2) is 12.7. The Balaban J connectivity index is 1.69. The van der Waals surface area contributed by atoms with Crippen molar-refractivity contribution in [3.63, 3.8) is 0 Å². The molecule has 0 aliphatic rings. The van der Waals surface area contributed by atoms with Crippen LogP contribution in [0.5, 0.6) is 0 Å². The molecule has 3 rings (SSSR count). The third-order valence-electron chi connectivity index (χ3n) is 6.17. The highest BCUT2D eigenvalue weighted by Crippen LogP contribution is 2.36. The van der Waals surface area contributed by atoms with Crippen molar-refractivity contribution in [3.05, 3.63) is 64.8 Å². The van der Waals surface area contributed by atoms with E-state index in [0.717, 1.165) is 59.9 Å². The van der Waals surface area contributed by atoms with Crippen LogP contribution in [0.15, 0.2) is 48.8 Å². The van der Waals surface area contributed by atoms with Gasteiger partial charge in [-0.25, -0.2) is 10.0 Å². The number of fused-ring (bicyclic) bond motifs is 1. The zero-order valence-electron chi connectivity index (χ0n) is 20.9. The van der Waals surface area contributed by atoms with Crippen molar-refractivity contribution >= 4 is 45.5 Å². The van der Waals surface area contributed by atoms with Crippen LogP contribution in [-0.2, 0) is 22.4 Å². The highest BCUT2D eigenvalue weighted by atomic mass is 32.1. The third-order valence-corrected chi connectivity index (χ3v) is 7.33. The number of aromatic nitrogens is 1. The third kappa shape index (κ3) is 7.56. The lowest BCUT2D eigenvalue weighted by Gasteiger charge is -2.16. The zero-order chi connectivity index (χ0) is 25.3. The first-order valence-corrected chi connectivity index (χ1v) is 13.1. The van der Waals surface area contributed by atoms with E-state index in [2.05, 4.69) is 23.3 Å². The SMILES string of the molecule is CCCCCc1c(/C=C/C(=O)NC(C)CCCc2cccnc2)sc2cc([N@@+](C)(O)C=O)ccc12. The number of thiophene rings is 1. The van der Waals surface area contributed by atoms with Crippen LogP contribution in [0.2, 0.25) is 0 Å². The van der Waals surface area contributed by atoms with E-state index in [4.69, 9.17) is 0 Å². The van der Waals surface area contributed by atoms with Crippen molar-refractivity contribution in [1.82, 2.24) is 14.9 Å². The Kier molecular flexibility index (Phi) is 9.72. The normalized spacial score (nSPS) is 14.2. The summed E-state index contributed by atoms with van der Waals surface area (Å²) in [5.41, 5.74) is 2.95. The monoisotopic (exact) mass is 494 g/mol. The first-order chi connectivity index (χ1) is 16.8. The van der Waals surface area contributed by atoms with Crippen LogP contribution in [0, 0.1) is 0 Å². The number of hydroxylamine groups is 2.